The molecular formula is C30H26N4O11S5. The standard InChI is InChI=1S/C16H16N2O6S3.C14H10N2O5S2/c1-7-5-10(6-11(12(7)17)26(19,20)21)16-18-13-8(2)4-9(3)15(14(13)25-16)27(22,23)24;15-8-3-1-7(2-4-8)13-16-10-6-5-9(14(17)18)12(11(10)22-13)23(19,20)21/h4-6H,17H2,1-3H3,(H,19,20,21)(H,22,23,24);1-6H,15H2,(H,17,18)(H,19,20,21). The fourth-order valence-electron chi connectivity index (χ4n) is 5.07. The summed E-state index contributed by atoms with van der Waals surface area (Å²) in [5.41, 5.74) is 14.6. The van der Waals surface area contributed by atoms with Gasteiger partial charge in [0.15, 0.2) is 0 Å². The zero-order valence-corrected chi connectivity index (χ0v) is 30.0. The van der Waals surface area contributed by atoms with Crippen molar-refractivity contribution in [1.82, 2.24) is 9.97 Å². The van der Waals surface area contributed by atoms with Gasteiger partial charge in [-0.25, -0.2) is 14.8 Å². The van der Waals surface area contributed by atoms with Crippen molar-refractivity contribution >= 4 is 90.8 Å². The number of aromatic nitrogens is 2. The van der Waals surface area contributed by atoms with Crippen LogP contribution in [0.25, 0.3) is 41.6 Å². The number of anilines is 2. The maximum atomic E-state index is 11.8. The molecule has 20 heteroatoms. The van der Waals surface area contributed by atoms with Gasteiger partial charge in [0, 0.05) is 16.8 Å². The highest BCUT2D eigenvalue weighted by molar-refractivity contribution is 7.86. The SMILES string of the molecule is Cc1cc(-c2nc3c(C)cc(C)c(S(=O)(=O)O)c3s2)cc(S(=O)(=O)O)c1N.Nc1ccc(-c2nc3ccc(C(=O)O)c(S(=O)(=O)O)c3s2)cc1. The van der Waals surface area contributed by atoms with E-state index in [0.717, 1.165) is 28.7 Å². The fraction of sp³-hybridized carbons (Fsp3) is 0.100. The van der Waals surface area contributed by atoms with E-state index >= 15 is 0 Å². The first-order valence-corrected chi connectivity index (χ1v) is 19.8. The van der Waals surface area contributed by atoms with Crippen molar-refractivity contribution in [2.45, 2.75) is 35.5 Å². The number of nitrogen functional groups attached to an aromatic ring is 2. The second kappa shape index (κ2) is 13.0. The molecule has 0 aliphatic carbocycles. The molecule has 0 aliphatic rings. The zero-order valence-electron chi connectivity index (χ0n) is 25.9. The van der Waals surface area contributed by atoms with Gasteiger partial charge in [0.25, 0.3) is 30.4 Å². The molecule has 0 aliphatic heterocycles. The van der Waals surface area contributed by atoms with Gasteiger partial charge in [0.1, 0.15) is 24.7 Å². The van der Waals surface area contributed by atoms with Crippen LogP contribution in [0.4, 0.5) is 11.4 Å². The van der Waals surface area contributed by atoms with Crippen LogP contribution < -0.4 is 11.5 Å². The molecule has 15 nitrogen and oxygen atoms in total. The summed E-state index contributed by atoms with van der Waals surface area (Å²) >= 11 is 1.99. The third kappa shape index (κ3) is 7.18. The van der Waals surface area contributed by atoms with Crippen LogP contribution in [0.3, 0.4) is 0 Å². The molecule has 2 aromatic heterocycles. The molecule has 0 fully saturated rings. The molecule has 262 valence electrons. The van der Waals surface area contributed by atoms with Crippen LogP contribution in [0.1, 0.15) is 27.0 Å². The van der Waals surface area contributed by atoms with Crippen LogP contribution in [0.5, 0.6) is 0 Å². The number of carbonyl (C=O) groups is 1. The van der Waals surface area contributed by atoms with E-state index in [0.29, 0.717) is 54.6 Å². The maximum absolute atomic E-state index is 11.8. The van der Waals surface area contributed by atoms with Crippen molar-refractivity contribution in [3.8, 4) is 21.1 Å². The van der Waals surface area contributed by atoms with Gasteiger partial charge < -0.3 is 16.6 Å². The average Bonchev–Trinajstić information content (AvgIpc) is 3.62. The van der Waals surface area contributed by atoms with Crippen molar-refractivity contribution in [2.75, 3.05) is 11.5 Å². The Kier molecular flexibility index (Phi) is 9.53. The number of fused-ring (bicyclic) bond motifs is 2. The lowest BCUT2D eigenvalue weighted by Gasteiger charge is -2.08. The Balaban J connectivity index is 0.000000197. The highest BCUT2D eigenvalue weighted by Gasteiger charge is 2.27. The van der Waals surface area contributed by atoms with Gasteiger partial charge in [-0.15, -0.1) is 22.7 Å². The number of aryl methyl sites for hydroxylation is 3. The second-order valence-corrected chi connectivity index (χ2v) is 17.0. The molecule has 2 heterocycles. The smallest absolute Gasteiger partial charge is 0.337 e. The van der Waals surface area contributed by atoms with E-state index in [1.807, 2.05) is 0 Å². The molecule has 50 heavy (non-hydrogen) atoms. The summed E-state index contributed by atoms with van der Waals surface area (Å²) in [6.45, 7) is 4.91. The predicted molar refractivity (Wildman–Crippen MR) is 190 cm³/mol. The van der Waals surface area contributed by atoms with Crippen LogP contribution in [0, 0.1) is 20.8 Å². The van der Waals surface area contributed by atoms with Crippen molar-refractivity contribution in [1.29, 1.82) is 0 Å². The highest BCUT2D eigenvalue weighted by atomic mass is 32.2. The van der Waals surface area contributed by atoms with Crippen molar-refractivity contribution in [3.63, 3.8) is 0 Å². The summed E-state index contributed by atoms with van der Waals surface area (Å²) < 4.78 is 98.8. The first-order chi connectivity index (χ1) is 23.1. The van der Waals surface area contributed by atoms with Gasteiger partial charge in [-0.2, -0.15) is 25.3 Å². The summed E-state index contributed by atoms with van der Waals surface area (Å²) in [5.74, 6) is -1.44. The normalized spacial score (nSPS) is 12.2. The molecule has 4 aromatic carbocycles. The maximum Gasteiger partial charge on any atom is 0.337 e. The molecule has 0 unspecified atom stereocenters. The molecule has 0 saturated carbocycles. The molecule has 0 amide bonds. The van der Waals surface area contributed by atoms with Gasteiger partial charge >= 0.3 is 5.97 Å². The van der Waals surface area contributed by atoms with Crippen LogP contribution in [-0.2, 0) is 30.4 Å². The van der Waals surface area contributed by atoms with Gasteiger partial charge in [0.05, 0.1) is 31.7 Å². The summed E-state index contributed by atoms with van der Waals surface area (Å²) in [7, 11) is -13.7. The third-order valence-electron chi connectivity index (χ3n) is 7.29. The predicted octanol–water partition coefficient (Wildman–Crippen LogP) is 5.45. The molecule has 8 N–H and O–H groups in total. The number of nitrogens with two attached hydrogens (primary N) is 2. The molecule has 0 spiro atoms. The molecule has 0 atom stereocenters. The van der Waals surface area contributed by atoms with Crippen LogP contribution in [-0.4, -0.2) is 60.0 Å². The highest BCUT2D eigenvalue weighted by Crippen LogP contribution is 2.40. The Morgan fingerprint density at radius 1 is 0.660 bits per heavy atom. The molecular weight excluding hydrogens is 753 g/mol. The van der Waals surface area contributed by atoms with Gasteiger partial charge in [-0.05, 0) is 86.0 Å². The second-order valence-electron chi connectivity index (χ2n) is 10.9. The van der Waals surface area contributed by atoms with Gasteiger partial charge in [-0.3, -0.25) is 13.7 Å². The van der Waals surface area contributed by atoms with E-state index < -0.39 is 51.7 Å². The molecule has 6 aromatic rings. The summed E-state index contributed by atoms with van der Waals surface area (Å²) in [5, 5.41) is 9.96. The Morgan fingerprint density at radius 3 is 1.80 bits per heavy atom. The van der Waals surface area contributed by atoms with E-state index in [4.69, 9.17) is 16.6 Å². The quantitative estimate of drug-likeness (QED) is 0.0905. The number of hydrogen-bond acceptors (Lipinski definition) is 13. The Hall–Kier alpha value is -4.54. The van der Waals surface area contributed by atoms with E-state index in [2.05, 4.69) is 9.97 Å². The number of carboxylic acids is 1. The summed E-state index contributed by atoms with van der Waals surface area (Å²) in [6, 6.07) is 13.7. The average molecular weight is 779 g/mol. The van der Waals surface area contributed by atoms with Crippen LogP contribution in [0.15, 0.2) is 69.3 Å². The van der Waals surface area contributed by atoms with E-state index in [1.165, 1.54) is 12.1 Å². The Morgan fingerprint density at radius 2 is 1.24 bits per heavy atom. The number of thiazole rings is 2. The Bertz CT molecular complexity index is 2700. The third-order valence-corrected chi connectivity index (χ3v) is 12.7. The van der Waals surface area contributed by atoms with Crippen LogP contribution in [0.2, 0.25) is 0 Å². The summed E-state index contributed by atoms with van der Waals surface area (Å²) in [6.07, 6.45) is 0. The minimum Gasteiger partial charge on any atom is -0.478 e. The largest absolute Gasteiger partial charge is 0.478 e. The van der Waals surface area contributed by atoms with Crippen molar-refractivity contribution < 1.29 is 48.8 Å². The lowest BCUT2D eigenvalue weighted by Crippen LogP contribution is -2.08. The number of carboxylic acid groups (broad SMARTS) is 1. The fourth-order valence-corrected chi connectivity index (χ4v) is 10.4. The van der Waals surface area contributed by atoms with E-state index in [-0.39, 0.29) is 20.0 Å². The zero-order chi connectivity index (χ0) is 37.1. The minimum absolute atomic E-state index is 0.0759. The summed E-state index contributed by atoms with van der Waals surface area (Å²) in [4.78, 5) is 18.6. The number of rotatable bonds is 6. The first kappa shape index (κ1) is 36.7. The van der Waals surface area contributed by atoms with E-state index in [9.17, 15) is 43.7 Å². The number of hydrogen-bond donors (Lipinski definition) is 6. The molecule has 0 saturated heterocycles. The number of aromatic carboxylic acids is 1. The number of nitrogens with zero attached hydrogens (tertiary/aromatic N) is 2. The number of benzene rings is 4. The van der Waals surface area contributed by atoms with Crippen LogP contribution >= 0.6 is 22.7 Å². The topological polar surface area (TPSA) is 278 Å². The molecule has 0 radical (unpaired) electrons. The van der Waals surface area contributed by atoms with Crippen molar-refractivity contribution in [3.05, 3.63) is 76.9 Å². The monoisotopic (exact) mass is 778 g/mol. The lowest BCUT2D eigenvalue weighted by atomic mass is 10.1. The Labute approximate surface area is 293 Å². The molecule has 6 rings (SSSR count). The minimum atomic E-state index is -4.71. The lowest BCUT2D eigenvalue weighted by molar-refractivity contribution is 0.0692. The molecule has 0 bridgehead atoms. The van der Waals surface area contributed by atoms with E-state index in [1.54, 1.807) is 57.2 Å². The van der Waals surface area contributed by atoms with Crippen molar-refractivity contribution in [2.24, 2.45) is 0 Å². The first-order valence-electron chi connectivity index (χ1n) is 13.8. The van der Waals surface area contributed by atoms with Gasteiger partial charge in [-0.1, -0.05) is 6.07 Å². The van der Waals surface area contributed by atoms with Gasteiger partial charge in [0.2, 0.25) is 0 Å².